The molecule has 0 radical (unpaired) electrons. The van der Waals surface area contributed by atoms with Gasteiger partial charge in [-0.25, -0.2) is 9.18 Å². The van der Waals surface area contributed by atoms with Crippen molar-refractivity contribution >= 4 is 23.3 Å². The molecule has 0 aromatic heterocycles. The van der Waals surface area contributed by atoms with Crippen molar-refractivity contribution in [3.8, 4) is 0 Å². The highest BCUT2D eigenvalue weighted by molar-refractivity contribution is 6.30. The number of urea groups is 1. The van der Waals surface area contributed by atoms with E-state index < -0.39 is 0 Å². The molecule has 0 bridgehead atoms. The Morgan fingerprint density at radius 3 is 2.23 bits per heavy atom. The summed E-state index contributed by atoms with van der Waals surface area (Å²) in [5.41, 5.74) is 3.40. The molecule has 1 atom stereocenters. The molecular weight excluding hydrogens is 413 g/mol. The zero-order chi connectivity index (χ0) is 21.8. The van der Waals surface area contributed by atoms with Gasteiger partial charge in [-0.15, -0.1) is 0 Å². The van der Waals surface area contributed by atoms with E-state index in [1.165, 1.54) is 17.2 Å². The van der Waals surface area contributed by atoms with E-state index in [1.54, 1.807) is 24.0 Å². The van der Waals surface area contributed by atoms with Gasteiger partial charge in [0.05, 0.1) is 6.04 Å². The standard InChI is InChI=1S/C25H25ClFN3O/c1-18-7-12-22(17-23(18)27)28-25(31)30-15-13-29(14-16-30)24(19-5-3-2-4-6-19)20-8-10-21(26)11-9-20/h2-12,17,24H,13-16H2,1H3,(H,28,31)/t24-/m0/s1. The van der Waals surface area contributed by atoms with Crippen molar-refractivity contribution in [3.63, 3.8) is 0 Å². The van der Waals surface area contributed by atoms with E-state index in [0.717, 1.165) is 13.1 Å². The van der Waals surface area contributed by atoms with Crippen LogP contribution in [0.5, 0.6) is 0 Å². The fourth-order valence-corrected chi connectivity index (χ4v) is 4.08. The molecular formula is C25H25ClFN3O. The molecule has 0 saturated carbocycles. The summed E-state index contributed by atoms with van der Waals surface area (Å²) in [5.74, 6) is -0.323. The van der Waals surface area contributed by atoms with Gasteiger partial charge in [0.25, 0.3) is 0 Å². The predicted octanol–water partition coefficient (Wildman–Crippen LogP) is 5.73. The molecule has 1 aliphatic heterocycles. The number of piperazine rings is 1. The molecule has 1 heterocycles. The number of aryl methyl sites for hydroxylation is 1. The van der Waals surface area contributed by atoms with Crippen LogP contribution in [0.3, 0.4) is 0 Å². The summed E-state index contributed by atoms with van der Waals surface area (Å²) in [6.07, 6.45) is 0. The molecule has 1 aliphatic rings. The van der Waals surface area contributed by atoms with E-state index in [-0.39, 0.29) is 17.9 Å². The number of anilines is 1. The van der Waals surface area contributed by atoms with Gasteiger partial charge < -0.3 is 10.2 Å². The van der Waals surface area contributed by atoms with Crippen LogP contribution in [0.4, 0.5) is 14.9 Å². The Hall–Kier alpha value is -2.89. The molecule has 0 spiro atoms. The second-order valence-corrected chi connectivity index (χ2v) is 8.22. The summed E-state index contributed by atoms with van der Waals surface area (Å²) in [5, 5.41) is 3.52. The summed E-state index contributed by atoms with van der Waals surface area (Å²) in [7, 11) is 0. The Bertz CT molecular complexity index is 1030. The molecule has 0 unspecified atom stereocenters. The lowest BCUT2D eigenvalue weighted by Crippen LogP contribution is -2.51. The molecule has 1 fully saturated rings. The van der Waals surface area contributed by atoms with Gasteiger partial charge in [-0.2, -0.15) is 0 Å². The maximum Gasteiger partial charge on any atom is 0.321 e. The van der Waals surface area contributed by atoms with Gasteiger partial charge in [0.1, 0.15) is 5.82 Å². The summed E-state index contributed by atoms with van der Waals surface area (Å²) in [4.78, 5) is 16.8. The first-order valence-electron chi connectivity index (χ1n) is 10.4. The van der Waals surface area contributed by atoms with Crippen LogP contribution in [0.15, 0.2) is 72.8 Å². The van der Waals surface area contributed by atoms with Crippen LogP contribution in [-0.2, 0) is 0 Å². The summed E-state index contributed by atoms with van der Waals surface area (Å²) in [6.45, 7) is 4.36. The van der Waals surface area contributed by atoms with E-state index >= 15 is 0 Å². The molecule has 1 saturated heterocycles. The number of rotatable bonds is 4. The van der Waals surface area contributed by atoms with Gasteiger partial charge in [0.15, 0.2) is 0 Å². The number of benzene rings is 3. The maximum absolute atomic E-state index is 13.8. The molecule has 4 rings (SSSR count). The second kappa shape index (κ2) is 9.50. The Kier molecular flexibility index (Phi) is 6.54. The summed E-state index contributed by atoms with van der Waals surface area (Å²) < 4.78 is 13.8. The number of carbonyl (C=O) groups excluding carboxylic acids is 1. The van der Waals surface area contributed by atoms with Crippen LogP contribution in [0.2, 0.25) is 5.02 Å². The van der Waals surface area contributed by atoms with Crippen LogP contribution in [0.1, 0.15) is 22.7 Å². The lowest BCUT2D eigenvalue weighted by Gasteiger charge is -2.39. The van der Waals surface area contributed by atoms with Crippen LogP contribution >= 0.6 is 11.6 Å². The number of nitrogens with zero attached hydrogens (tertiary/aromatic N) is 2. The minimum absolute atomic E-state index is 0.0925. The number of hydrogen-bond acceptors (Lipinski definition) is 2. The van der Waals surface area contributed by atoms with Crippen molar-refractivity contribution in [2.45, 2.75) is 13.0 Å². The topological polar surface area (TPSA) is 35.6 Å². The summed E-state index contributed by atoms with van der Waals surface area (Å²) >= 11 is 6.10. The first-order valence-corrected chi connectivity index (χ1v) is 10.8. The molecule has 2 amide bonds. The number of nitrogens with one attached hydrogen (secondary N) is 1. The lowest BCUT2D eigenvalue weighted by molar-refractivity contribution is 0.126. The van der Waals surface area contributed by atoms with Gasteiger partial charge in [-0.1, -0.05) is 60.1 Å². The first kappa shape index (κ1) is 21.3. The molecule has 3 aromatic rings. The highest BCUT2D eigenvalue weighted by Crippen LogP contribution is 2.30. The lowest BCUT2D eigenvalue weighted by atomic mass is 9.96. The van der Waals surface area contributed by atoms with Crippen molar-refractivity contribution in [1.29, 1.82) is 0 Å². The zero-order valence-electron chi connectivity index (χ0n) is 17.4. The second-order valence-electron chi connectivity index (χ2n) is 7.78. The van der Waals surface area contributed by atoms with Crippen LogP contribution in [0.25, 0.3) is 0 Å². The monoisotopic (exact) mass is 437 g/mol. The van der Waals surface area contributed by atoms with Gasteiger partial charge in [0.2, 0.25) is 0 Å². The quantitative estimate of drug-likeness (QED) is 0.566. The van der Waals surface area contributed by atoms with E-state index in [0.29, 0.717) is 29.4 Å². The Labute approximate surface area is 187 Å². The smallest absolute Gasteiger partial charge is 0.321 e. The largest absolute Gasteiger partial charge is 0.322 e. The number of amides is 2. The Morgan fingerprint density at radius 2 is 1.58 bits per heavy atom. The van der Waals surface area contributed by atoms with Crippen LogP contribution in [0, 0.1) is 12.7 Å². The third-order valence-corrected chi connectivity index (χ3v) is 5.94. The molecule has 6 heteroatoms. The third-order valence-electron chi connectivity index (χ3n) is 5.69. The van der Waals surface area contributed by atoms with Gasteiger partial charge in [0, 0.05) is 36.9 Å². The normalized spacial score (nSPS) is 15.5. The molecule has 31 heavy (non-hydrogen) atoms. The Morgan fingerprint density at radius 1 is 0.935 bits per heavy atom. The van der Waals surface area contributed by atoms with E-state index in [9.17, 15) is 9.18 Å². The highest BCUT2D eigenvalue weighted by atomic mass is 35.5. The fraction of sp³-hybridized carbons (Fsp3) is 0.240. The van der Waals surface area contributed by atoms with Crippen LogP contribution in [-0.4, -0.2) is 42.0 Å². The van der Waals surface area contributed by atoms with Crippen molar-refractivity contribution < 1.29 is 9.18 Å². The van der Waals surface area contributed by atoms with E-state index in [2.05, 4.69) is 34.5 Å². The average molecular weight is 438 g/mol. The minimum atomic E-state index is -0.323. The SMILES string of the molecule is Cc1ccc(NC(=O)N2CCN([C@@H](c3ccccc3)c3ccc(Cl)cc3)CC2)cc1F. The van der Waals surface area contributed by atoms with E-state index in [1.807, 2.05) is 30.3 Å². The van der Waals surface area contributed by atoms with Crippen molar-refractivity contribution in [1.82, 2.24) is 9.80 Å². The highest BCUT2D eigenvalue weighted by Gasteiger charge is 2.28. The van der Waals surface area contributed by atoms with Crippen LogP contribution < -0.4 is 5.32 Å². The molecule has 1 N–H and O–H groups in total. The summed E-state index contributed by atoms with van der Waals surface area (Å²) in [6, 6.07) is 22.9. The Balaban J connectivity index is 1.45. The number of carbonyl (C=O) groups is 1. The predicted molar refractivity (Wildman–Crippen MR) is 123 cm³/mol. The number of halogens is 2. The molecule has 160 valence electrons. The maximum atomic E-state index is 13.8. The van der Waals surface area contributed by atoms with Crippen molar-refractivity contribution in [2.24, 2.45) is 0 Å². The zero-order valence-corrected chi connectivity index (χ0v) is 18.1. The third kappa shape index (κ3) is 5.06. The van der Waals surface area contributed by atoms with Crippen molar-refractivity contribution in [3.05, 3.63) is 100 Å². The number of hydrogen-bond donors (Lipinski definition) is 1. The first-order chi connectivity index (χ1) is 15.0. The average Bonchev–Trinajstić information content (AvgIpc) is 2.79. The molecule has 3 aromatic carbocycles. The van der Waals surface area contributed by atoms with E-state index in [4.69, 9.17) is 11.6 Å². The van der Waals surface area contributed by atoms with Crippen molar-refractivity contribution in [2.75, 3.05) is 31.5 Å². The van der Waals surface area contributed by atoms with Gasteiger partial charge in [-0.3, -0.25) is 4.90 Å². The van der Waals surface area contributed by atoms with Gasteiger partial charge in [-0.05, 0) is 47.9 Å². The minimum Gasteiger partial charge on any atom is -0.322 e. The fourth-order valence-electron chi connectivity index (χ4n) is 3.95. The van der Waals surface area contributed by atoms with Gasteiger partial charge >= 0.3 is 6.03 Å². The molecule has 0 aliphatic carbocycles. The molecule has 4 nitrogen and oxygen atoms in total.